The number of ether oxygens (including phenoxy) is 1. The van der Waals surface area contributed by atoms with Crippen molar-refractivity contribution in [2.75, 3.05) is 13.2 Å². The van der Waals surface area contributed by atoms with Crippen LogP contribution in [0.25, 0.3) is 0 Å². The lowest BCUT2D eigenvalue weighted by Gasteiger charge is -2.29. The minimum Gasteiger partial charge on any atom is -0.377 e. The van der Waals surface area contributed by atoms with Gasteiger partial charge in [-0.2, -0.15) is 0 Å². The van der Waals surface area contributed by atoms with Crippen molar-refractivity contribution in [3.63, 3.8) is 0 Å². The Balaban J connectivity index is 2.21. The molecule has 0 radical (unpaired) electrons. The minimum absolute atomic E-state index is 0.522. The molecule has 0 aromatic heterocycles. The first-order valence-electron chi connectivity index (χ1n) is 7.48. The van der Waals surface area contributed by atoms with Crippen molar-refractivity contribution in [2.45, 2.75) is 71.9 Å². The highest BCUT2D eigenvalue weighted by Gasteiger charge is 2.20. The van der Waals surface area contributed by atoms with Crippen LogP contribution in [0.2, 0.25) is 0 Å². The summed E-state index contributed by atoms with van der Waals surface area (Å²) in [4.78, 5) is 0. The molecule has 1 N–H and O–H groups in total. The maximum absolute atomic E-state index is 6.09. The van der Waals surface area contributed by atoms with Crippen LogP contribution in [0.3, 0.4) is 0 Å². The SMILES string of the molecule is CCCNC(COC1CCC(C)CC1)C(C)C. The number of nitrogens with one attached hydrogen (secondary N) is 1. The molecule has 1 rings (SSSR count). The van der Waals surface area contributed by atoms with Gasteiger partial charge in [-0.1, -0.05) is 27.7 Å². The van der Waals surface area contributed by atoms with Crippen molar-refractivity contribution in [3.8, 4) is 0 Å². The summed E-state index contributed by atoms with van der Waals surface area (Å²) >= 11 is 0. The third kappa shape index (κ3) is 5.87. The molecule has 2 heteroatoms. The third-order valence-electron chi connectivity index (χ3n) is 3.94. The fourth-order valence-electron chi connectivity index (χ4n) is 2.45. The van der Waals surface area contributed by atoms with E-state index in [4.69, 9.17) is 4.74 Å². The smallest absolute Gasteiger partial charge is 0.0625 e. The van der Waals surface area contributed by atoms with Crippen LogP contribution in [-0.2, 0) is 4.74 Å². The normalized spacial score (nSPS) is 27.4. The lowest BCUT2D eigenvalue weighted by molar-refractivity contribution is 0.00223. The van der Waals surface area contributed by atoms with Gasteiger partial charge in [0.15, 0.2) is 0 Å². The van der Waals surface area contributed by atoms with E-state index in [9.17, 15) is 0 Å². The van der Waals surface area contributed by atoms with Gasteiger partial charge >= 0.3 is 0 Å². The molecule has 1 atom stereocenters. The van der Waals surface area contributed by atoms with Crippen molar-refractivity contribution >= 4 is 0 Å². The molecule has 0 saturated heterocycles. The van der Waals surface area contributed by atoms with Gasteiger partial charge in [0, 0.05) is 6.04 Å². The molecule has 0 spiro atoms. The summed E-state index contributed by atoms with van der Waals surface area (Å²) in [6, 6.07) is 0.522. The largest absolute Gasteiger partial charge is 0.377 e. The Hall–Kier alpha value is -0.0800. The molecule has 0 amide bonds. The monoisotopic (exact) mass is 241 g/mol. The molecule has 2 nitrogen and oxygen atoms in total. The summed E-state index contributed by atoms with van der Waals surface area (Å²) in [5.41, 5.74) is 0. The highest BCUT2D eigenvalue weighted by molar-refractivity contribution is 4.74. The van der Waals surface area contributed by atoms with Gasteiger partial charge < -0.3 is 10.1 Å². The number of hydrogen-bond donors (Lipinski definition) is 1. The second-order valence-corrected chi connectivity index (χ2v) is 6.02. The van der Waals surface area contributed by atoms with E-state index in [0.29, 0.717) is 18.1 Å². The number of rotatable bonds is 7. The standard InChI is InChI=1S/C15H31NO/c1-5-10-16-15(12(2)3)11-17-14-8-6-13(4)7-9-14/h12-16H,5-11H2,1-4H3. The topological polar surface area (TPSA) is 21.3 Å². The van der Waals surface area contributed by atoms with E-state index in [1.807, 2.05) is 0 Å². The second kappa shape index (κ2) is 8.10. The fourth-order valence-corrected chi connectivity index (χ4v) is 2.45. The first-order valence-corrected chi connectivity index (χ1v) is 7.48. The quantitative estimate of drug-likeness (QED) is 0.735. The Morgan fingerprint density at radius 1 is 1.18 bits per heavy atom. The average Bonchev–Trinajstić information content (AvgIpc) is 2.31. The highest BCUT2D eigenvalue weighted by Crippen LogP contribution is 2.25. The summed E-state index contributed by atoms with van der Waals surface area (Å²) in [6.07, 6.45) is 6.94. The van der Waals surface area contributed by atoms with Gasteiger partial charge in [-0.05, 0) is 50.5 Å². The number of hydrogen-bond acceptors (Lipinski definition) is 2. The zero-order valence-electron chi connectivity index (χ0n) is 12.2. The van der Waals surface area contributed by atoms with Crippen molar-refractivity contribution in [1.29, 1.82) is 0 Å². The molecule has 0 aromatic carbocycles. The maximum atomic E-state index is 6.09. The summed E-state index contributed by atoms with van der Waals surface area (Å²) in [7, 11) is 0. The molecule has 1 fully saturated rings. The van der Waals surface area contributed by atoms with Crippen LogP contribution >= 0.6 is 0 Å². The molecule has 0 bridgehead atoms. The van der Waals surface area contributed by atoms with E-state index in [1.54, 1.807) is 0 Å². The lowest BCUT2D eigenvalue weighted by atomic mass is 9.89. The van der Waals surface area contributed by atoms with Gasteiger partial charge in [-0.15, -0.1) is 0 Å². The molecular formula is C15H31NO. The Morgan fingerprint density at radius 3 is 2.35 bits per heavy atom. The van der Waals surface area contributed by atoms with Crippen LogP contribution in [-0.4, -0.2) is 25.3 Å². The fraction of sp³-hybridized carbons (Fsp3) is 1.00. The van der Waals surface area contributed by atoms with E-state index >= 15 is 0 Å². The molecule has 0 aliphatic heterocycles. The predicted octanol–water partition coefficient (Wildman–Crippen LogP) is 3.61. The Bertz CT molecular complexity index is 185. The summed E-state index contributed by atoms with van der Waals surface area (Å²) in [6.45, 7) is 11.1. The van der Waals surface area contributed by atoms with Gasteiger partial charge in [-0.25, -0.2) is 0 Å². The van der Waals surface area contributed by atoms with E-state index in [0.717, 1.165) is 19.1 Å². The van der Waals surface area contributed by atoms with Gasteiger partial charge in [0.05, 0.1) is 12.7 Å². The first-order chi connectivity index (χ1) is 8.13. The average molecular weight is 241 g/mol. The summed E-state index contributed by atoms with van der Waals surface area (Å²) < 4.78 is 6.09. The van der Waals surface area contributed by atoms with Crippen molar-refractivity contribution in [3.05, 3.63) is 0 Å². The molecular weight excluding hydrogens is 210 g/mol. The van der Waals surface area contributed by atoms with Crippen LogP contribution in [0.5, 0.6) is 0 Å². The van der Waals surface area contributed by atoms with E-state index in [-0.39, 0.29) is 0 Å². The summed E-state index contributed by atoms with van der Waals surface area (Å²) in [5, 5.41) is 3.59. The summed E-state index contributed by atoms with van der Waals surface area (Å²) in [5.74, 6) is 1.57. The van der Waals surface area contributed by atoms with Crippen LogP contribution in [0, 0.1) is 11.8 Å². The molecule has 1 aliphatic rings. The molecule has 0 heterocycles. The molecule has 1 saturated carbocycles. The Morgan fingerprint density at radius 2 is 1.82 bits per heavy atom. The zero-order chi connectivity index (χ0) is 12.7. The van der Waals surface area contributed by atoms with Crippen molar-refractivity contribution in [1.82, 2.24) is 5.32 Å². The highest BCUT2D eigenvalue weighted by atomic mass is 16.5. The maximum Gasteiger partial charge on any atom is 0.0625 e. The van der Waals surface area contributed by atoms with Crippen molar-refractivity contribution < 1.29 is 4.74 Å². The predicted molar refractivity (Wildman–Crippen MR) is 74.3 cm³/mol. The van der Waals surface area contributed by atoms with Crippen LogP contribution in [0.1, 0.15) is 59.8 Å². The van der Waals surface area contributed by atoms with E-state index < -0.39 is 0 Å². The van der Waals surface area contributed by atoms with Crippen molar-refractivity contribution in [2.24, 2.45) is 11.8 Å². The zero-order valence-corrected chi connectivity index (χ0v) is 12.2. The Kier molecular flexibility index (Phi) is 7.14. The lowest BCUT2D eigenvalue weighted by Crippen LogP contribution is -2.39. The van der Waals surface area contributed by atoms with Crippen LogP contribution in [0.15, 0.2) is 0 Å². The molecule has 102 valence electrons. The second-order valence-electron chi connectivity index (χ2n) is 6.02. The third-order valence-corrected chi connectivity index (χ3v) is 3.94. The van der Waals surface area contributed by atoms with Crippen LogP contribution in [0.4, 0.5) is 0 Å². The minimum atomic E-state index is 0.522. The molecule has 0 aromatic rings. The Labute approximate surface area is 108 Å². The van der Waals surface area contributed by atoms with E-state index in [2.05, 4.69) is 33.0 Å². The van der Waals surface area contributed by atoms with Crippen LogP contribution < -0.4 is 5.32 Å². The molecule has 1 unspecified atom stereocenters. The first kappa shape index (κ1) is 15.0. The van der Waals surface area contributed by atoms with Gasteiger partial charge in [0.25, 0.3) is 0 Å². The van der Waals surface area contributed by atoms with E-state index in [1.165, 1.54) is 32.1 Å². The van der Waals surface area contributed by atoms with Gasteiger partial charge in [-0.3, -0.25) is 0 Å². The van der Waals surface area contributed by atoms with Gasteiger partial charge in [0.1, 0.15) is 0 Å². The molecule has 1 aliphatic carbocycles. The van der Waals surface area contributed by atoms with Gasteiger partial charge in [0.2, 0.25) is 0 Å². The molecule has 17 heavy (non-hydrogen) atoms.